The molecule has 0 radical (unpaired) electrons. The third-order valence-corrected chi connectivity index (χ3v) is 4.64. The first kappa shape index (κ1) is 14.6. The minimum atomic E-state index is 0.726. The molecule has 0 saturated carbocycles. The van der Waals surface area contributed by atoms with E-state index in [0.717, 1.165) is 50.0 Å². The highest BCUT2D eigenvalue weighted by atomic mass is 79.9. The number of hydrogen-bond acceptors (Lipinski definition) is 2. The summed E-state index contributed by atoms with van der Waals surface area (Å²) in [5.41, 5.74) is 10.0. The van der Waals surface area contributed by atoms with Crippen LogP contribution < -0.4 is 5.73 Å². The zero-order valence-corrected chi connectivity index (χ0v) is 14.8. The van der Waals surface area contributed by atoms with Crippen molar-refractivity contribution in [3.05, 3.63) is 45.3 Å². The van der Waals surface area contributed by atoms with E-state index in [2.05, 4.69) is 49.4 Å². The van der Waals surface area contributed by atoms with E-state index in [4.69, 9.17) is 10.7 Å². The normalized spacial score (nSPS) is 11.2. The second-order valence-corrected chi connectivity index (χ2v) is 6.69. The maximum Gasteiger partial charge on any atom is 0.143 e. The molecule has 0 unspecified atom stereocenters. The Bertz CT molecular complexity index is 809. The van der Waals surface area contributed by atoms with Crippen molar-refractivity contribution in [1.29, 1.82) is 0 Å². The summed E-state index contributed by atoms with van der Waals surface area (Å²) in [7, 11) is 0. The Labute approximate surface area is 140 Å². The molecule has 0 aliphatic carbocycles. The van der Waals surface area contributed by atoms with E-state index in [9.17, 15) is 0 Å². The van der Waals surface area contributed by atoms with Gasteiger partial charge in [-0.2, -0.15) is 0 Å². The molecule has 0 amide bonds. The summed E-state index contributed by atoms with van der Waals surface area (Å²) in [6.07, 6.45) is 1.04. The Balaban J connectivity index is 2.30. The Kier molecular flexibility index (Phi) is 4.04. The van der Waals surface area contributed by atoms with E-state index in [1.54, 1.807) is 0 Å². The molecule has 5 heteroatoms. The molecule has 0 atom stereocenters. The number of nitrogens with two attached hydrogens (primary N) is 1. The molecule has 3 nitrogen and oxygen atoms in total. The molecule has 108 valence electrons. The predicted octanol–water partition coefficient (Wildman–Crippen LogP) is 5.22. The van der Waals surface area contributed by atoms with E-state index in [1.807, 2.05) is 30.3 Å². The molecule has 1 heterocycles. The number of aryl methyl sites for hydroxylation is 1. The summed E-state index contributed by atoms with van der Waals surface area (Å²) in [4.78, 5) is 4.80. The third kappa shape index (κ3) is 2.60. The zero-order valence-electron chi connectivity index (χ0n) is 11.6. The molecule has 21 heavy (non-hydrogen) atoms. The lowest BCUT2D eigenvalue weighted by atomic mass is 10.1. The molecule has 2 N–H and O–H groups in total. The number of hydrogen-bond donors (Lipinski definition) is 1. The first-order chi connectivity index (χ1) is 10.1. The fraction of sp³-hybridized carbons (Fsp3) is 0.188. The summed E-state index contributed by atoms with van der Waals surface area (Å²) in [6, 6.07) is 12.1. The molecule has 0 aliphatic heterocycles. The highest BCUT2D eigenvalue weighted by Crippen LogP contribution is 2.34. The Morgan fingerprint density at radius 1 is 1.19 bits per heavy atom. The van der Waals surface area contributed by atoms with Crippen LogP contribution in [0.1, 0.15) is 13.3 Å². The number of aromatic nitrogens is 2. The number of benzene rings is 2. The number of rotatable bonds is 3. The largest absolute Gasteiger partial charge is 0.397 e. The van der Waals surface area contributed by atoms with Gasteiger partial charge in [0.1, 0.15) is 5.82 Å². The highest BCUT2D eigenvalue weighted by molar-refractivity contribution is 9.10. The minimum Gasteiger partial charge on any atom is -0.397 e. The lowest BCUT2D eigenvalue weighted by Crippen LogP contribution is -2.02. The number of para-hydroxylation sites is 1. The van der Waals surface area contributed by atoms with E-state index in [1.165, 1.54) is 0 Å². The average molecular weight is 409 g/mol. The van der Waals surface area contributed by atoms with Crippen molar-refractivity contribution in [1.82, 2.24) is 9.55 Å². The quantitative estimate of drug-likeness (QED) is 0.603. The highest BCUT2D eigenvalue weighted by Gasteiger charge is 2.15. The first-order valence-corrected chi connectivity index (χ1v) is 8.40. The van der Waals surface area contributed by atoms with Gasteiger partial charge < -0.3 is 10.3 Å². The van der Waals surface area contributed by atoms with Gasteiger partial charge in [-0.15, -0.1) is 0 Å². The molecule has 0 aliphatic rings. The molecule has 0 fully saturated rings. The van der Waals surface area contributed by atoms with Crippen LogP contribution in [0.5, 0.6) is 0 Å². The van der Waals surface area contributed by atoms with Crippen LogP contribution in [0.3, 0.4) is 0 Å². The molecular formula is C16H15Br2N3. The van der Waals surface area contributed by atoms with Gasteiger partial charge in [0.25, 0.3) is 0 Å². The maximum atomic E-state index is 6.22. The van der Waals surface area contributed by atoms with E-state index < -0.39 is 0 Å². The standard InChI is InChI=1S/C16H15Br2N3/c1-2-8-21-14-7-6-10(17)9-13(14)20-16(21)11-4-3-5-12(18)15(11)19/h3-7,9H,2,8,19H2,1H3. The smallest absolute Gasteiger partial charge is 0.143 e. The summed E-state index contributed by atoms with van der Waals surface area (Å²) in [6.45, 7) is 3.08. The number of fused-ring (bicyclic) bond motifs is 1. The van der Waals surface area contributed by atoms with Gasteiger partial charge in [-0.25, -0.2) is 4.98 Å². The van der Waals surface area contributed by atoms with Crippen LogP contribution in [0.25, 0.3) is 22.4 Å². The minimum absolute atomic E-state index is 0.726. The van der Waals surface area contributed by atoms with Crippen molar-refractivity contribution in [2.45, 2.75) is 19.9 Å². The Hall–Kier alpha value is -1.33. The number of anilines is 1. The van der Waals surface area contributed by atoms with Crippen LogP contribution in [-0.2, 0) is 6.54 Å². The second-order valence-electron chi connectivity index (χ2n) is 4.92. The van der Waals surface area contributed by atoms with Crippen LogP contribution >= 0.6 is 31.9 Å². The van der Waals surface area contributed by atoms with Gasteiger partial charge in [0, 0.05) is 21.1 Å². The van der Waals surface area contributed by atoms with Crippen LogP contribution in [0.15, 0.2) is 45.3 Å². The molecule has 3 aromatic rings. The third-order valence-electron chi connectivity index (χ3n) is 3.45. The number of nitrogen functional groups attached to an aromatic ring is 1. The molecule has 2 aromatic carbocycles. The van der Waals surface area contributed by atoms with Crippen LogP contribution in [0.4, 0.5) is 5.69 Å². The first-order valence-electron chi connectivity index (χ1n) is 6.82. The molecular weight excluding hydrogens is 394 g/mol. The Morgan fingerprint density at radius 3 is 2.76 bits per heavy atom. The van der Waals surface area contributed by atoms with Gasteiger partial charge in [0.2, 0.25) is 0 Å². The van der Waals surface area contributed by atoms with E-state index in [-0.39, 0.29) is 0 Å². The predicted molar refractivity (Wildman–Crippen MR) is 95.3 cm³/mol. The summed E-state index contributed by atoms with van der Waals surface area (Å²) in [5.74, 6) is 0.920. The topological polar surface area (TPSA) is 43.8 Å². The number of imidazole rings is 1. The van der Waals surface area contributed by atoms with Crippen LogP contribution in [-0.4, -0.2) is 9.55 Å². The van der Waals surface area contributed by atoms with Crippen molar-refractivity contribution < 1.29 is 0 Å². The van der Waals surface area contributed by atoms with Gasteiger partial charge in [0.15, 0.2) is 0 Å². The van der Waals surface area contributed by atoms with Crippen molar-refractivity contribution in [3.8, 4) is 11.4 Å². The van der Waals surface area contributed by atoms with Gasteiger partial charge in [0.05, 0.1) is 16.7 Å². The zero-order chi connectivity index (χ0) is 15.0. The van der Waals surface area contributed by atoms with Gasteiger partial charge in [-0.1, -0.05) is 28.9 Å². The SMILES string of the molecule is CCCn1c(-c2cccc(Br)c2N)nc2cc(Br)ccc21. The van der Waals surface area contributed by atoms with Gasteiger partial charge >= 0.3 is 0 Å². The number of nitrogens with zero attached hydrogens (tertiary/aromatic N) is 2. The molecule has 0 spiro atoms. The van der Waals surface area contributed by atoms with Crippen molar-refractivity contribution in [2.24, 2.45) is 0 Å². The van der Waals surface area contributed by atoms with E-state index in [0.29, 0.717) is 0 Å². The number of halogens is 2. The summed E-state index contributed by atoms with van der Waals surface area (Å²) >= 11 is 7.00. The molecule has 3 rings (SSSR count). The summed E-state index contributed by atoms with van der Waals surface area (Å²) in [5, 5.41) is 0. The molecule has 0 saturated heterocycles. The van der Waals surface area contributed by atoms with Crippen LogP contribution in [0.2, 0.25) is 0 Å². The van der Waals surface area contributed by atoms with Crippen molar-refractivity contribution in [3.63, 3.8) is 0 Å². The fourth-order valence-electron chi connectivity index (χ4n) is 2.49. The van der Waals surface area contributed by atoms with E-state index >= 15 is 0 Å². The van der Waals surface area contributed by atoms with Crippen LogP contribution in [0, 0.1) is 0 Å². The monoisotopic (exact) mass is 407 g/mol. The summed E-state index contributed by atoms with van der Waals surface area (Å²) < 4.78 is 4.17. The van der Waals surface area contributed by atoms with Gasteiger partial charge in [-0.05, 0) is 52.7 Å². The fourth-order valence-corrected chi connectivity index (χ4v) is 3.21. The van der Waals surface area contributed by atoms with Crippen molar-refractivity contribution in [2.75, 3.05) is 5.73 Å². The van der Waals surface area contributed by atoms with Crippen molar-refractivity contribution >= 4 is 48.6 Å². The molecule has 0 bridgehead atoms. The Morgan fingerprint density at radius 2 is 2.00 bits per heavy atom. The average Bonchev–Trinajstić information content (AvgIpc) is 2.80. The lowest BCUT2D eigenvalue weighted by Gasteiger charge is -2.10. The van der Waals surface area contributed by atoms with Gasteiger partial charge in [-0.3, -0.25) is 0 Å². The lowest BCUT2D eigenvalue weighted by molar-refractivity contribution is 0.704. The maximum absolute atomic E-state index is 6.22. The second kappa shape index (κ2) is 5.81. The molecule has 1 aromatic heterocycles.